The number of aromatic nitrogens is 1. The molecule has 1 saturated heterocycles. The summed E-state index contributed by atoms with van der Waals surface area (Å²) in [5.74, 6) is 1.16. The van der Waals surface area contributed by atoms with Gasteiger partial charge < -0.3 is 20.7 Å². The molecule has 0 spiro atoms. The maximum Gasteiger partial charge on any atom is 0.223 e. The fourth-order valence-electron chi connectivity index (χ4n) is 3.32. The third kappa shape index (κ3) is 4.20. The Balaban J connectivity index is 1.50. The van der Waals surface area contributed by atoms with Crippen LogP contribution in [0.25, 0.3) is 0 Å². The molecule has 3 unspecified atom stereocenters. The lowest BCUT2D eigenvalue weighted by molar-refractivity contribution is -0.125. The second-order valence-corrected chi connectivity index (χ2v) is 6.64. The Labute approximate surface area is 137 Å². The molecular weight excluding hydrogens is 292 g/mol. The van der Waals surface area contributed by atoms with Crippen LogP contribution in [0.5, 0.6) is 0 Å². The topological polar surface area (TPSA) is 80.5 Å². The van der Waals surface area contributed by atoms with Crippen molar-refractivity contribution in [2.75, 3.05) is 24.6 Å². The van der Waals surface area contributed by atoms with Crippen molar-refractivity contribution in [3.8, 4) is 0 Å². The molecule has 3 N–H and O–H groups in total. The predicted molar refractivity (Wildman–Crippen MR) is 89.0 cm³/mol. The van der Waals surface area contributed by atoms with E-state index in [1.807, 2.05) is 18.3 Å². The van der Waals surface area contributed by atoms with E-state index in [9.17, 15) is 4.79 Å². The molecule has 23 heavy (non-hydrogen) atoms. The number of hydrogen-bond acceptors (Lipinski definition) is 5. The molecule has 0 bridgehead atoms. The summed E-state index contributed by atoms with van der Waals surface area (Å²) in [6, 6.07) is 4.23. The van der Waals surface area contributed by atoms with Gasteiger partial charge in [-0.1, -0.05) is 6.07 Å². The lowest BCUT2D eigenvalue weighted by Crippen LogP contribution is -2.41. The van der Waals surface area contributed by atoms with E-state index < -0.39 is 0 Å². The number of pyridine rings is 1. The Morgan fingerprint density at radius 2 is 2.35 bits per heavy atom. The maximum absolute atomic E-state index is 12.1. The van der Waals surface area contributed by atoms with E-state index in [0.717, 1.165) is 50.3 Å². The van der Waals surface area contributed by atoms with Crippen LogP contribution in [0, 0.1) is 5.92 Å². The van der Waals surface area contributed by atoms with Crippen molar-refractivity contribution < 1.29 is 9.53 Å². The number of nitrogens with two attached hydrogens (primary N) is 1. The molecule has 6 nitrogen and oxygen atoms in total. The van der Waals surface area contributed by atoms with Crippen LogP contribution in [0.15, 0.2) is 18.3 Å². The molecule has 0 aromatic carbocycles. The minimum absolute atomic E-state index is 0.0760. The molecule has 1 aliphatic carbocycles. The largest absolute Gasteiger partial charge is 0.375 e. The first-order valence-electron chi connectivity index (χ1n) is 8.46. The van der Waals surface area contributed by atoms with Gasteiger partial charge in [0.2, 0.25) is 5.91 Å². The molecule has 1 aromatic rings. The minimum atomic E-state index is 0.0760. The summed E-state index contributed by atoms with van der Waals surface area (Å²) in [6.07, 6.45) is 4.74. The van der Waals surface area contributed by atoms with Gasteiger partial charge in [0.05, 0.1) is 12.7 Å². The van der Waals surface area contributed by atoms with Gasteiger partial charge in [-0.2, -0.15) is 0 Å². The Hall–Kier alpha value is -1.66. The normalized spacial score (nSPS) is 27.9. The fraction of sp³-hybridized carbons (Fsp3) is 0.647. The molecule has 1 saturated carbocycles. The van der Waals surface area contributed by atoms with Crippen LogP contribution in [-0.2, 0) is 16.1 Å². The standard InChI is InChI=1S/C17H26N4O2/c1-12-11-21(6-7-23-12)16-5-2-13(9-19-16)10-20-17(22)14-3-4-15(18)8-14/h2,5,9,12,14-15H,3-4,6-8,10-11,18H2,1H3,(H,20,22). The highest BCUT2D eigenvalue weighted by Crippen LogP contribution is 2.24. The lowest BCUT2D eigenvalue weighted by Gasteiger charge is -2.32. The molecule has 3 atom stereocenters. The van der Waals surface area contributed by atoms with Crippen molar-refractivity contribution in [1.29, 1.82) is 0 Å². The Kier molecular flexibility index (Phi) is 5.13. The number of nitrogens with zero attached hydrogens (tertiary/aromatic N) is 2. The van der Waals surface area contributed by atoms with Gasteiger partial charge in [-0.05, 0) is 37.8 Å². The van der Waals surface area contributed by atoms with E-state index in [4.69, 9.17) is 10.5 Å². The Morgan fingerprint density at radius 3 is 3.00 bits per heavy atom. The van der Waals surface area contributed by atoms with Gasteiger partial charge in [0.15, 0.2) is 0 Å². The summed E-state index contributed by atoms with van der Waals surface area (Å²) in [4.78, 5) is 18.9. The van der Waals surface area contributed by atoms with Gasteiger partial charge in [0.1, 0.15) is 5.82 Å². The van der Waals surface area contributed by atoms with Crippen LogP contribution in [0.1, 0.15) is 31.7 Å². The smallest absolute Gasteiger partial charge is 0.223 e. The van der Waals surface area contributed by atoms with Crippen molar-refractivity contribution >= 4 is 11.7 Å². The highest BCUT2D eigenvalue weighted by Gasteiger charge is 2.27. The van der Waals surface area contributed by atoms with Crippen LogP contribution >= 0.6 is 0 Å². The Morgan fingerprint density at radius 1 is 1.48 bits per heavy atom. The molecule has 1 amide bonds. The Bertz CT molecular complexity index is 534. The fourth-order valence-corrected chi connectivity index (χ4v) is 3.32. The number of nitrogens with one attached hydrogen (secondary N) is 1. The van der Waals surface area contributed by atoms with E-state index in [1.165, 1.54) is 0 Å². The number of hydrogen-bond donors (Lipinski definition) is 2. The third-order valence-corrected chi connectivity index (χ3v) is 4.68. The number of carbonyl (C=O) groups excluding carboxylic acids is 1. The lowest BCUT2D eigenvalue weighted by atomic mass is 10.1. The third-order valence-electron chi connectivity index (χ3n) is 4.68. The quantitative estimate of drug-likeness (QED) is 0.867. The molecule has 2 aliphatic rings. The number of amides is 1. The first-order chi connectivity index (χ1) is 11.1. The molecular formula is C17H26N4O2. The van der Waals surface area contributed by atoms with E-state index in [1.54, 1.807) is 0 Å². The second-order valence-electron chi connectivity index (χ2n) is 6.64. The van der Waals surface area contributed by atoms with Crippen molar-refractivity contribution in [2.24, 2.45) is 11.7 Å². The molecule has 0 radical (unpaired) electrons. The molecule has 2 heterocycles. The van der Waals surface area contributed by atoms with Crippen LogP contribution < -0.4 is 16.0 Å². The summed E-state index contributed by atoms with van der Waals surface area (Å²) >= 11 is 0. The summed E-state index contributed by atoms with van der Waals surface area (Å²) in [5.41, 5.74) is 6.88. The number of anilines is 1. The molecule has 126 valence electrons. The second kappa shape index (κ2) is 7.27. The average molecular weight is 318 g/mol. The van der Waals surface area contributed by atoms with Crippen LogP contribution in [0.2, 0.25) is 0 Å². The maximum atomic E-state index is 12.1. The zero-order valence-corrected chi connectivity index (χ0v) is 13.7. The van der Waals surface area contributed by atoms with Crippen molar-refractivity contribution in [3.63, 3.8) is 0 Å². The number of rotatable bonds is 4. The van der Waals surface area contributed by atoms with Crippen molar-refractivity contribution in [1.82, 2.24) is 10.3 Å². The van der Waals surface area contributed by atoms with Gasteiger partial charge in [0.25, 0.3) is 0 Å². The first-order valence-corrected chi connectivity index (χ1v) is 8.46. The van der Waals surface area contributed by atoms with Gasteiger partial charge in [-0.25, -0.2) is 4.98 Å². The van der Waals surface area contributed by atoms with Crippen LogP contribution in [0.3, 0.4) is 0 Å². The molecule has 1 aromatic heterocycles. The summed E-state index contributed by atoms with van der Waals surface area (Å²) < 4.78 is 5.55. The molecule has 1 aliphatic heterocycles. The van der Waals surface area contributed by atoms with Gasteiger partial charge in [-0.3, -0.25) is 4.79 Å². The first kappa shape index (κ1) is 16.2. The van der Waals surface area contributed by atoms with Crippen molar-refractivity contribution in [3.05, 3.63) is 23.9 Å². The van der Waals surface area contributed by atoms with Crippen molar-refractivity contribution in [2.45, 2.75) is 44.9 Å². The number of carbonyl (C=O) groups is 1. The predicted octanol–water partition coefficient (Wildman–Crippen LogP) is 1.05. The molecule has 3 rings (SSSR count). The van der Waals surface area contributed by atoms with E-state index in [-0.39, 0.29) is 24.0 Å². The SMILES string of the molecule is CC1CN(c2ccc(CNC(=O)C3CCC(N)C3)cn2)CCO1. The van der Waals surface area contributed by atoms with Crippen LogP contribution in [-0.4, -0.2) is 42.7 Å². The van der Waals surface area contributed by atoms with Gasteiger partial charge in [0, 0.05) is 37.8 Å². The summed E-state index contributed by atoms with van der Waals surface area (Å²) in [6.45, 7) is 5.08. The molecule has 2 fully saturated rings. The zero-order valence-electron chi connectivity index (χ0n) is 13.7. The van der Waals surface area contributed by atoms with Gasteiger partial charge >= 0.3 is 0 Å². The zero-order chi connectivity index (χ0) is 16.2. The highest BCUT2D eigenvalue weighted by atomic mass is 16.5. The number of morpholine rings is 1. The monoisotopic (exact) mass is 318 g/mol. The highest BCUT2D eigenvalue weighted by molar-refractivity contribution is 5.79. The average Bonchev–Trinajstić information content (AvgIpc) is 3.00. The van der Waals surface area contributed by atoms with E-state index >= 15 is 0 Å². The minimum Gasteiger partial charge on any atom is -0.375 e. The summed E-state index contributed by atoms with van der Waals surface area (Å²) in [5, 5.41) is 3.00. The summed E-state index contributed by atoms with van der Waals surface area (Å²) in [7, 11) is 0. The van der Waals surface area contributed by atoms with Crippen LogP contribution in [0.4, 0.5) is 5.82 Å². The van der Waals surface area contributed by atoms with E-state index in [0.29, 0.717) is 6.54 Å². The van der Waals surface area contributed by atoms with E-state index in [2.05, 4.69) is 22.1 Å². The number of ether oxygens (including phenoxy) is 1. The molecule has 6 heteroatoms. The van der Waals surface area contributed by atoms with Gasteiger partial charge in [-0.15, -0.1) is 0 Å².